The van der Waals surface area contributed by atoms with Gasteiger partial charge in [-0.15, -0.1) is 0 Å². The highest BCUT2D eigenvalue weighted by Crippen LogP contribution is 2.19. The van der Waals surface area contributed by atoms with E-state index in [1.807, 2.05) is 0 Å². The molecule has 0 aromatic carbocycles. The molecule has 0 aliphatic carbocycles. The Balaban J connectivity index is 2.62. The Kier molecular flexibility index (Phi) is 5.86. The van der Waals surface area contributed by atoms with E-state index in [-0.39, 0.29) is 18.7 Å². The summed E-state index contributed by atoms with van der Waals surface area (Å²) in [6.07, 6.45) is 2.45. The van der Waals surface area contributed by atoms with Gasteiger partial charge in [0.05, 0.1) is 6.61 Å². The Hall–Kier alpha value is -0.160. The summed E-state index contributed by atoms with van der Waals surface area (Å²) in [7, 11) is 4.26. The molecule has 1 heterocycles. The monoisotopic (exact) mass is 243 g/mol. The van der Waals surface area contributed by atoms with E-state index in [1.54, 1.807) is 0 Å². The molecule has 0 saturated carbocycles. The zero-order valence-electron chi connectivity index (χ0n) is 11.8. The van der Waals surface area contributed by atoms with E-state index >= 15 is 0 Å². The minimum Gasteiger partial charge on any atom is -0.395 e. The summed E-state index contributed by atoms with van der Waals surface area (Å²) in [5.41, 5.74) is 6.21. The van der Waals surface area contributed by atoms with Crippen molar-refractivity contribution in [3.05, 3.63) is 0 Å². The molecule has 4 nitrogen and oxygen atoms in total. The summed E-state index contributed by atoms with van der Waals surface area (Å²) in [6, 6.07) is 0.760. The van der Waals surface area contributed by atoms with Gasteiger partial charge < -0.3 is 15.7 Å². The normalized spacial score (nSPS) is 26.5. The van der Waals surface area contributed by atoms with Crippen molar-refractivity contribution in [3.63, 3.8) is 0 Å². The number of hydrogen-bond donors (Lipinski definition) is 2. The molecule has 17 heavy (non-hydrogen) atoms. The van der Waals surface area contributed by atoms with Crippen LogP contribution in [0, 0.1) is 5.92 Å². The fraction of sp³-hybridized carbons (Fsp3) is 1.00. The van der Waals surface area contributed by atoms with Crippen LogP contribution in [0.3, 0.4) is 0 Å². The summed E-state index contributed by atoms with van der Waals surface area (Å²) in [6.45, 7) is 6.51. The van der Waals surface area contributed by atoms with E-state index in [4.69, 9.17) is 5.73 Å². The van der Waals surface area contributed by atoms with Gasteiger partial charge in [-0.2, -0.15) is 0 Å². The summed E-state index contributed by atoms with van der Waals surface area (Å²) >= 11 is 0. The predicted octanol–water partition coefficient (Wildman–Crippen LogP) is 0.357. The fourth-order valence-corrected chi connectivity index (χ4v) is 2.63. The maximum Gasteiger partial charge on any atom is 0.0602 e. The molecule has 0 bridgehead atoms. The van der Waals surface area contributed by atoms with E-state index in [1.165, 1.54) is 12.8 Å². The molecule has 102 valence electrons. The Morgan fingerprint density at radius 1 is 1.41 bits per heavy atom. The lowest BCUT2D eigenvalue weighted by molar-refractivity contribution is 0.0450. The molecule has 0 aromatic rings. The largest absolute Gasteiger partial charge is 0.395 e. The first-order valence-electron chi connectivity index (χ1n) is 6.74. The van der Waals surface area contributed by atoms with E-state index in [0.29, 0.717) is 12.0 Å². The molecular formula is C13H29N3O. The number of likely N-dealkylation sites (tertiary alicyclic amines) is 1. The number of nitrogens with zero attached hydrogens (tertiary/aromatic N) is 2. The number of nitrogens with two attached hydrogens (primary N) is 1. The smallest absolute Gasteiger partial charge is 0.0602 e. The molecule has 4 heteroatoms. The van der Waals surface area contributed by atoms with Crippen LogP contribution in [0.2, 0.25) is 0 Å². The lowest BCUT2D eigenvalue weighted by Crippen LogP contribution is -2.57. The minimum absolute atomic E-state index is 0.0564. The lowest BCUT2D eigenvalue weighted by Gasteiger charge is -2.42. The predicted molar refractivity (Wildman–Crippen MR) is 72.0 cm³/mol. The van der Waals surface area contributed by atoms with Gasteiger partial charge in [0, 0.05) is 24.7 Å². The highest BCUT2D eigenvalue weighted by Gasteiger charge is 2.30. The Morgan fingerprint density at radius 3 is 2.53 bits per heavy atom. The van der Waals surface area contributed by atoms with Crippen LogP contribution in [-0.4, -0.2) is 66.8 Å². The summed E-state index contributed by atoms with van der Waals surface area (Å²) in [4.78, 5) is 4.65. The first-order chi connectivity index (χ1) is 7.97. The SMILES string of the molecule is CC(C)C(N)C(CO)N1CCCC(N(C)C)C1. The van der Waals surface area contributed by atoms with Crippen LogP contribution in [-0.2, 0) is 0 Å². The van der Waals surface area contributed by atoms with Crippen molar-refractivity contribution in [1.29, 1.82) is 0 Å². The topological polar surface area (TPSA) is 52.7 Å². The summed E-state index contributed by atoms with van der Waals surface area (Å²) in [5, 5.41) is 9.59. The Morgan fingerprint density at radius 2 is 2.06 bits per heavy atom. The van der Waals surface area contributed by atoms with Gasteiger partial charge in [0.15, 0.2) is 0 Å². The van der Waals surface area contributed by atoms with Crippen LogP contribution in [0.1, 0.15) is 26.7 Å². The highest BCUT2D eigenvalue weighted by atomic mass is 16.3. The van der Waals surface area contributed by atoms with Crippen LogP contribution in [0.5, 0.6) is 0 Å². The molecule has 1 aliphatic heterocycles. The number of aliphatic hydroxyl groups excluding tert-OH is 1. The average molecular weight is 243 g/mol. The number of aliphatic hydroxyl groups is 1. The minimum atomic E-state index is 0.0564. The van der Waals surface area contributed by atoms with Gasteiger partial charge >= 0.3 is 0 Å². The number of likely N-dealkylation sites (N-methyl/N-ethyl adjacent to an activating group) is 1. The van der Waals surface area contributed by atoms with Crippen LogP contribution in [0.15, 0.2) is 0 Å². The van der Waals surface area contributed by atoms with E-state index < -0.39 is 0 Å². The zero-order chi connectivity index (χ0) is 13.0. The standard InChI is InChI=1S/C13H29N3O/c1-10(2)13(14)12(9-17)16-7-5-6-11(8-16)15(3)4/h10-13,17H,5-9,14H2,1-4H3. The fourth-order valence-electron chi connectivity index (χ4n) is 2.63. The molecular weight excluding hydrogens is 214 g/mol. The molecule has 3 N–H and O–H groups in total. The molecule has 1 saturated heterocycles. The van der Waals surface area contributed by atoms with Crippen molar-refractivity contribution in [1.82, 2.24) is 9.80 Å². The first-order valence-corrected chi connectivity index (χ1v) is 6.74. The molecule has 1 fully saturated rings. The third-order valence-electron chi connectivity index (χ3n) is 4.03. The highest BCUT2D eigenvalue weighted by molar-refractivity contribution is 4.88. The Labute approximate surface area is 106 Å². The first kappa shape index (κ1) is 14.9. The number of hydrogen-bond acceptors (Lipinski definition) is 4. The molecule has 0 spiro atoms. The number of rotatable bonds is 5. The average Bonchev–Trinajstić information content (AvgIpc) is 2.30. The molecule has 1 aliphatic rings. The van der Waals surface area contributed by atoms with Crippen LogP contribution < -0.4 is 5.73 Å². The second kappa shape index (κ2) is 6.69. The lowest BCUT2D eigenvalue weighted by atomic mass is 9.94. The molecule has 3 atom stereocenters. The zero-order valence-corrected chi connectivity index (χ0v) is 11.8. The maximum absolute atomic E-state index is 9.59. The van der Waals surface area contributed by atoms with E-state index in [9.17, 15) is 5.11 Å². The molecule has 3 unspecified atom stereocenters. The van der Waals surface area contributed by atoms with Crippen molar-refractivity contribution in [2.45, 2.75) is 44.8 Å². The van der Waals surface area contributed by atoms with Gasteiger partial charge in [-0.25, -0.2) is 0 Å². The van der Waals surface area contributed by atoms with Gasteiger partial charge in [-0.05, 0) is 39.4 Å². The summed E-state index contributed by atoms with van der Waals surface area (Å²) in [5.74, 6) is 0.409. The van der Waals surface area contributed by atoms with Crippen molar-refractivity contribution in [3.8, 4) is 0 Å². The maximum atomic E-state index is 9.59. The molecule has 0 amide bonds. The summed E-state index contributed by atoms with van der Waals surface area (Å²) < 4.78 is 0. The van der Waals surface area contributed by atoms with Crippen molar-refractivity contribution in [2.75, 3.05) is 33.8 Å². The third kappa shape index (κ3) is 3.91. The Bertz CT molecular complexity index is 221. The van der Waals surface area contributed by atoms with Crippen LogP contribution in [0.4, 0.5) is 0 Å². The van der Waals surface area contributed by atoms with Crippen molar-refractivity contribution in [2.24, 2.45) is 11.7 Å². The second-order valence-electron chi connectivity index (χ2n) is 5.83. The second-order valence-corrected chi connectivity index (χ2v) is 5.83. The third-order valence-corrected chi connectivity index (χ3v) is 4.03. The van der Waals surface area contributed by atoms with Gasteiger partial charge in [0.2, 0.25) is 0 Å². The van der Waals surface area contributed by atoms with Crippen molar-refractivity contribution >= 4 is 0 Å². The molecule has 0 aromatic heterocycles. The van der Waals surface area contributed by atoms with Gasteiger partial charge in [-0.1, -0.05) is 13.8 Å². The van der Waals surface area contributed by atoms with E-state index in [0.717, 1.165) is 13.1 Å². The van der Waals surface area contributed by atoms with Crippen LogP contribution in [0.25, 0.3) is 0 Å². The number of piperidine rings is 1. The van der Waals surface area contributed by atoms with Gasteiger partial charge in [-0.3, -0.25) is 4.90 Å². The van der Waals surface area contributed by atoms with Crippen molar-refractivity contribution < 1.29 is 5.11 Å². The van der Waals surface area contributed by atoms with Gasteiger partial charge in [0.1, 0.15) is 0 Å². The van der Waals surface area contributed by atoms with Gasteiger partial charge in [0.25, 0.3) is 0 Å². The molecule has 0 radical (unpaired) electrons. The molecule has 1 rings (SSSR count). The quantitative estimate of drug-likeness (QED) is 0.732. The van der Waals surface area contributed by atoms with E-state index in [2.05, 4.69) is 37.7 Å². The van der Waals surface area contributed by atoms with Crippen LogP contribution >= 0.6 is 0 Å².